The third-order valence-corrected chi connectivity index (χ3v) is 5.07. The van der Waals surface area contributed by atoms with Gasteiger partial charge in [-0.05, 0) is 32.3 Å². The van der Waals surface area contributed by atoms with Gasteiger partial charge < -0.3 is 9.79 Å². The molecule has 0 radical (unpaired) electrons. The fourth-order valence-corrected chi connectivity index (χ4v) is 3.73. The Kier molecular flexibility index (Phi) is 5.17. The van der Waals surface area contributed by atoms with Crippen LogP contribution in [0, 0.1) is 0 Å². The first-order valence-corrected chi connectivity index (χ1v) is 7.07. The lowest BCUT2D eigenvalue weighted by molar-refractivity contribution is -0.154. The summed E-state index contributed by atoms with van der Waals surface area (Å²) >= 11 is 0. The van der Waals surface area contributed by atoms with E-state index in [9.17, 15) is 9.69 Å². The molecule has 0 N–H and O–H groups in total. The summed E-state index contributed by atoms with van der Waals surface area (Å²) in [5.41, 5.74) is 0.264. The molecule has 1 heterocycles. The van der Waals surface area contributed by atoms with Crippen LogP contribution in [0.5, 0.6) is 0 Å². The van der Waals surface area contributed by atoms with E-state index in [0.29, 0.717) is 6.54 Å². The van der Waals surface area contributed by atoms with Crippen LogP contribution in [0.4, 0.5) is 0 Å². The molecule has 3 nitrogen and oxygen atoms in total. The zero-order valence-corrected chi connectivity index (χ0v) is 11.0. The first kappa shape index (κ1) is 13.4. The number of rotatable bonds is 3. The van der Waals surface area contributed by atoms with E-state index in [1.54, 1.807) is 11.9 Å². The summed E-state index contributed by atoms with van der Waals surface area (Å²) in [6, 6.07) is 0. The van der Waals surface area contributed by atoms with E-state index in [2.05, 4.69) is 6.58 Å². The van der Waals surface area contributed by atoms with Gasteiger partial charge in [-0.3, -0.25) is 4.79 Å². The van der Waals surface area contributed by atoms with Gasteiger partial charge in [0.05, 0.1) is 14.3 Å². The monoisotopic (exact) mass is 241 g/mol. The third kappa shape index (κ3) is 3.43. The van der Waals surface area contributed by atoms with Gasteiger partial charge in [0.15, 0.2) is 0 Å². The smallest absolute Gasteiger partial charge is 0.246 e. The van der Waals surface area contributed by atoms with E-state index in [1.165, 1.54) is 6.08 Å². The molecule has 0 saturated carbocycles. The standard InChI is InChI=1S/C12H20NO2P/c1-4-12(14)13(3)9-11-8-6-5-7-10(2)16(11)15/h4,10H,1,5-9H2,2-3H3. The highest BCUT2D eigenvalue weighted by Crippen LogP contribution is 2.31. The number of carbonyl (C=O) groups excluding carboxylic acids is 1. The highest BCUT2D eigenvalue weighted by atomic mass is 31.1. The Bertz CT molecular complexity index is 312. The van der Waals surface area contributed by atoms with Gasteiger partial charge >= 0.3 is 0 Å². The van der Waals surface area contributed by atoms with Crippen molar-refractivity contribution in [2.45, 2.75) is 38.3 Å². The van der Waals surface area contributed by atoms with E-state index in [-0.39, 0.29) is 11.6 Å². The average Bonchev–Trinajstić information content (AvgIpc) is 2.43. The van der Waals surface area contributed by atoms with Gasteiger partial charge in [0.2, 0.25) is 5.91 Å². The maximum atomic E-state index is 12.1. The summed E-state index contributed by atoms with van der Waals surface area (Å²) in [6.45, 7) is 6.01. The van der Waals surface area contributed by atoms with Crippen molar-refractivity contribution in [3.63, 3.8) is 0 Å². The molecule has 2 atom stereocenters. The molecule has 90 valence electrons. The first-order valence-electron chi connectivity index (χ1n) is 5.75. The van der Waals surface area contributed by atoms with Gasteiger partial charge in [0.1, 0.15) is 11.0 Å². The molecule has 1 amide bonds. The van der Waals surface area contributed by atoms with Crippen molar-refractivity contribution in [2.75, 3.05) is 13.6 Å². The fraction of sp³-hybridized carbons (Fsp3) is 0.667. The zero-order valence-electron chi connectivity index (χ0n) is 10.1. The Balaban J connectivity index is 2.73. The average molecular weight is 241 g/mol. The molecular weight excluding hydrogens is 221 g/mol. The van der Waals surface area contributed by atoms with Gasteiger partial charge in [-0.2, -0.15) is 0 Å². The van der Waals surface area contributed by atoms with Gasteiger partial charge in [-0.1, -0.05) is 6.58 Å². The number of likely N-dealkylation sites (N-methyl/N-ethyl adjacent to an activating group) is 1. The zero-order chi connectivity index (χ0) is 12.1. The highest BCUT2D eigenvalue weighted by molar-refractivity contribution is 7.52. The van der Waals surface area contributed by atoms with Crippen LogP contribution < -0.4 is 4.89 Å². The number of nitrogens with zero attached hydrogens (tertiary/aromatic N) is 1. The molecule has 0 aromatic heterocycles. The molecule has 16 heavy (non-hydrogen) atoms. The van der Waals surface area contributed by atoms with E-state index in [0.717, 1.165) is 31.0 Å². The summed E-state index contributed by atoms with van der Waals surface area (Å²) in [4.78, 5) is 25.1. The van der Waals surface area contributed by atoms with Crippen molar-refractivity contribution in [3.05, 3.63) is 12.7 Å². The Labute approximate surface area is 98.6 Å². The third-order valence-electron chi connectivity index (χ3n) is 3.02. The van der Waals surface area contributed by atoms with E-state index in [4.69, 9.17) is 0 Å². The Hall–Kier alpha value is -0.660. The highest BCUT2D eigenvalue weighted by Gasteiger charge is 2.22. The molecule has 0 fully saturated rings. The predicted octanol–water partition coefficient (Wildman–Crippen LogP) is 1.52. The Morgan fingerprint density at radius 1 is 1.69 bits per heavy atom. The molecule has 0 bridgehead atoms. The topological polar surface area (TPSA) is 43.4 Å². The molecule has 0 spiro atoms. The lowest BCUT2D eigenvalue weighted by atomic mass is 10.1. The van der Waals surface area contributed by atoms with E-state index < -0.39 is 7.77 Å². The lowest BCUT2D eigenvalue weighted by Crippen LogP contribution is -2.31. The van der Waals surface area contributed by atoms with Crippen LogP contribution in [0.3, 0.4) is 0 Å². The van der Waals surface area contributed by atoms with Gasteiger partial charge in [0.25, 0.3) is 0 Å². The first-order chi connectivity index (χ1) is 7.56. The molecule has 0 aliphatic carbocycles. The molecule has 1 aliphatic heterocycles. The molecular formula is C12H20NO2P. The normalized spacial score (nSPS) is 23.8. The quantitative estimate of drug-likeness (QED) is 0.555. The summed E-state index contributed by atoms with van der Waals surface area (Å²) in [6.07, 6.45) is 5.47. The van der Waals surface area contributed by atoms with Crippen LogP contribution in [-0.2, 0) is 4.79 Å². The van der Waals surface area contributed by atoms with Crippen molar-refractivity contribution in [2.24, 2.45) is 0 Å². The fourth-order valence-electron chi connectivity index (χ4n) is 1.96. The van der Waals surface area contributed by atoms with Crippen LogP contribution >= 0.6 is 7.77 Å². The summed E-state index contributed by atoms with van der Waals surface area (Å²) in [5, 5.41) is 1.04. The second-order valence-corrected chi connectivity index (χ2v) is 6.55. The Morgan fingerprint density at radius 3 is 3.00 bits per heavy atom. The molecule has 4 heteroatoms. The van der Waals surface area contributed by atoms with Crippen LogP contribution in [0.2, 0.25) is 0 Å². The molecule has 0 aromatic carbocycles. The number of hydrogen-bond donors (Lipinski definition) is 0. The number of carbonyl (C=O) groups is 1. The number of hydrogen-bond acceptors (Lipinski definition) is 2. The predicted molar refractivity (Wildman–Crippen MR) is 67.7 cm³/mol. The summed E-state index contributed by atoms with van der Waals surface area (Å²) < 4.78 is 0. The van der Waals surface area contributed by atoms with Crippen LogP contribution in [-0.4, -0.2) is 35.4 Å². The van der Waals surface area contributed by atoms with Crippen molar-refractivity contribution in [3.8, 4) is 0 Å². The second kappa shape index (κ2) is 6.17. The Morgan fingerprint density at radius 2 is 2.38 bits per heavy atom. The SMILES string of the molecule is C=CC(=O)N(C)CC1=[P+]([O-])C(C)CCCC1. The minimum atomic E-state index is -1.27. The minimum Gasteiger partial charge on any atom is -0.630 e. The molecule has 2 unspecified atom stereocenters. The minimum absolute atomic E-state index is 0.104. The van der Waals surface area contributed by atoms with E-state index in [1.807, 2.05) is 6.92 Å². The van der Waals surface area contributed by atoms with Gasteiger partial charge in [-0.25, -0.2) is 0 Å². The van der Waals surface area contributed by atoms with Crippen molar-refractivity contribution >= 4 is 19.0 Å². The van der Waals surface area contributed by atoms with Crippen LogP contribution in [0.1, 0.15) is 32.6 Å². The van der Waals surface area contributed by atoms with E-state index >= 15 is 0 Å². The maximum Gasteiger partial charge on any atom is 0.246 e. The van der Waals surface area contributed by atoms with Crippen molar-refractivity contribution in [1.82, 2.24) is 4.90 Å². The molecule has 0 aromatic rings. The van der Waals surface area contributed by atoms with Gasteiger partial charge in [-0.15, -0.1) is 0 Å². The lowest BCUT2D eigenvalue weighted by Gasteiger charge is -2.16. The maximum absolute atomic E-state index is 12.1. The van der Waals surface area contributed by atoms with Gasteiger partial charge in [0, 0.05) is 13.5 Å². The molecule has 1 rings (SSSR count). The van der Waals surface area contributed by atoms with Crippen molar-refractivity contribution < 1.29 is 9.69 Å². The van der Waals surface area contributed by atoms with Crippen LogP contribution in [0.25, 0.3) is 0 Å². The molecule has 1 aliphatic rings. The van der Waals surface area contributed by atoms with Crippen molar-refractivity contribution in [1.29, 1.82) is 0 Å². The summed E-state index contributed by atoms with van der Waals surface area (Å²) in [5.74, 6) is -0.104. The largest absolute Gasteiger partial charge is 0.630 e. The van der Waals surface area contributed by atoms with Crippen LogP contribution in [0.15, 0.2) is 12.7 Å². The second-order valence-electron chi connectivity index (χ2n) is 4.39. The number of amides is 1. The summed E-state index contributed by atoms with van der Waals surface area (Å²) in [7, 11) is 0.465. The molecule has 0 saturated heterocycles.